The molecule has 1 aromatic carbocycles. The largest absolute Gasteiger partial charge is 0.361 e. The van der Waals surface area contributed by atoms with Crippen molar-refractivity contribution in [3.8, 4) is 0 Å². The topological polar surface area (TPSA) is 24.4 Å². The fourth-order valence-electron chi connectivity index (χ4n) is 1.61. The molecule has 92 valence electrons. The van der Waals surface area contributed by atoms with Gasteiger partial charge in [-0.25, -0.2) is 0 Å². The molecule has 2 unspecified atom stereocenters. The first kappa shape index (κ1) is 13.2. The molecule has 0 aromatic heterocycles. The van der Waals surface area contributed by atoms with E-state index in [1.54, 1.807) is 11.8 Å². The lowest BCUT2D eigenvalue weighted by molar-refractivity contribution is 0.684. The van der Waals surface area contributed by atoms with Gasteiger partial charge in [0.1, 0.15) is 0 Å². The third-order valence-corrected chi connectivity index (χ3v) is 5.33. The van der Waals surface area contributed by atoms with Gasteiger partial charge in [-0.2, -0.15) is 0 Å². The molecule has 0 saturated carbocycles. The number of alkyl halides is 1. The Bertz CT molecular complexity index is 425. The number of halogens is 2. The number of thioether (sulfide) groups is 1. The molecule has 1 saturated heterocycles. The minimum Gasteiger partial charge on any atom is -0.361 e. The van der Waals surface area contributed by atoms with Gasteiger partial charge in [0, 0.05) is 21.6 Å². The van der Waals surface area contributed by atoms with Gasteiger partial charge >= 0.3 is 0 Å². The van der Waals surface area contributed by atoms with E-state index in [0.717, 1.165) is 21.1 Å². The van der Waals surface area contributed by atoms with Gasteiger partial charge in [-0.05, 0) is 24.6 Å². The summed E-state index contributed by atoms with van der Waals surface area (Å²) < 4.78 is 0. The summed E-state index contributed by atoms with van der Waals surface area (Å²) in [6.07, 6.45) is 0. The fraction of sp³-hybridized carbons (Fsp3) is 0.417. The maximum absolute atomic E-state index is 5.93. The first-order chi connectivity index (χ1) is 8.19. The van der Waals surface area contributed by atoms with Crippen molar-refractivity contribution in [2.45, 2.75) is 24.8 Å². The second kappa shape index (κ2) is 6.12. The molecule has 0 aliphatic carbocycles. The van der Waals surface area contributed by atoms with Gasteiger partial charge in [-0.3, -0.25) is 4.99 Å². The highest BCUT2D eigenvalue weighted by molar-refractivity contribution is 9.09. The molecular formula is C12H14BrClN2S. The van der Waals surface area contributed by atoms with Crippen molar-refractivity contribution in [3.05, 3.63) is 34.9 Å². The molecule has 0 amide bonds. The molecule has 1 N–H and O–H groups in total. The van der Waals surface area contributed by atoms with E-state index >= 15 is 0 Å². The summed E-state index contributed by atoms with van der Waals surface area (Å²) >= 11 is 11.3. The molecule has 2 nitrogen and oxygen atoms in total. The third-order valence-electron chi connectivity index (χ3n) is 2.62. The van der Waals surface area contributed by atoms with E-state index in [2.05, 4.69) is 33.2 Å². The van der Waals surface area contributed by atoms with Crippen LogP contribution < -0.4 is 5.32 Å². The minimum atomic E-state index is 0.470. The molecule has 1 heterocycles. The summed E-state index contributed by atoms with van der Waals surface area (Å²) in [5.41, 5.74) is 1.14. The van der Waals surface area contributed by atoms with Gasteiger partial charge in [-0.15, -0.1) is 0 Å². The van der Waals surface area contributed by atoms with Crippen LogP contribution in [-0.4, -0.2) is 21.8 Å². The normalized spacial score (nSPS) is 26.2. The Morgan fingerprint density at radius 3 is 3.00 bits per heavy atom. The number of hydrogen-bond donors (Lipinski definition) is 1. The lowest BCUT2D eigenvalue weighted by Crippen LogP contribution is -2.28. The van der Waals surface area contributed by atoms with E-state index in [9.17, 15) is 0 Å². The number of aliphatic imine (C=N–C) groups is 1. The predicted octanol–water partition coefficient (Wildman–Crippen LogP) is 3.68. The highest BCUT2D eigenvalue weighted by Gasteiger charge is 2.27. The summed E-state index contributed by atoms with van der Waals surface area (Å²) in [5, 5.41) is 6.74. The number of rotatable bonds is 3. The lowest BCUT2D eigenvalue weighted by Gasteiger charge is -2.07. The van der Waals surface area contributed by atoms with E-state index in [-0.39, 0.29) is 0 Å². The number of hydrogen-bond acceptors (Lipinski definition) is 2. The summed E-state index contributed by atoms with van der Waals surface area (Å²) in [7, 11) is 0. The number of amidine groups is 1. The van der Waals surface area contributed by atoms with Gasteiger partial charge < -0.3 is 5.32 Å². The zero-order valence-corrected chi connectivity index (χ0v) is 12.6. The average molecular weight is 334 g/mol. The molecule has 1 aliphatic heterocycles. The monoisotopic (exact) mass is 332 g/mol. The molecule has 0 radical (unpaired) electrons. The first-order valence-corrected chi connectivity index (χ1v) is 7.85. The molecular weight excluding hydrogens is 320 g/mol. The van der Waals surface area contributed by atoms with Crippen LogP contribution in [0, 0.1) is 0 Å². The molecule has 2 atom stereocenters. The van der Waals surface area contributed by atoms with Crippen molar-refractivity contribution in [1.29, 1.82) is 0 Å². The number of nitrogens with one attached hydrogen (secondary N) is 1. The molecule has 2 rings (SSSR count). The summed E-state index contributed by atoms with van der Waals surface area (Å²) in [5.74, 6) is 0. The van der Waals surface area contributed by atoms with Crippen LogP contribution in [-0.2, 0) is 6.54 Å². The van der Waals surface area contributed by atoms with Gasteiger partial charge in [0.25, 0.3) is 0 Å². The van der Waals surface area contributed by atoms with Crippen molar-refractivity contribution in [2.24, 2.45) is 4.99 Å². The molecule has 1 fully saturated rings. The Labute approximate surface area is 119 Å². The van der Waals surface area contributed by atoms with Crippen LogP contribution in [0.2, 0.25) is 5.02 Å². The van der Waals surface area contributed by atoms with Gasteiger partial charge in [0.2, 0.25) is 0 Å². The zero-order valence-electron chi connectivity index (χ0n) is 9.49. The standard InChI is InChI=1S/C12H14BrClN2S/c1-8-11(6-13)17-12(16-8)15-7-9-3-2-4-10(14)5-9/h2-5,8,11H,6-7H2,1H3,(H,15,16). The van der Waals surface area contributed by atoms with E-state index in [4.69, 9.17) is 11.6 Å². The van der Waals surface area contributed by atoms with E-state index in [0.29, 0.717) is 17.8 Å². The fourth-order valence-corrected chi connectivity index (χ4v) is 3.80. The van der Waals surface area contributed by atoms with Crippen molar-refractivity contribution >= 4 is 44.5 Å². The Hall–Kier alpha value is -0.190. The van der Waals surface area contributed by atoms with Crippen molar-refractivity contribution in [3.63, 3.8) is 0 Å². The Morgan fingerprint density at radius 1 is 1.53 bits per heavy atom. The van der Waals surface area contributed by atoms with Gasteiger partial charge in [-0.1, -0.05) is 51.4 Å². The molecule has 0 bridgehead atoms. The SMILES string of the molecule is CC1NC(=NCc2cccc(Cl)c2)SC1CBr. The maximum Gasteiger partial charge on any atom is 0.157 e. The molecule has 0 spiro atoms. The van der Waals surface area contributed by atoms with Crippen LogP contribution in [0.25, 0.3) is 0 Å². The van der Waals surface area contributed by atoms with Crippen LogP contribution in [0.1, 0.15) is 12.5 Å². The Morgan fingerprint density at radius 2 is 2.35 bits per heavy atom. The smallest absolute Gasteiger partial charge is 0.157 e. The Balaban J connectivity index is 1.98. The highest BCUT2D eigenvalue weighted by Crippen LogP contribution is 2.25. The van der Waals surface area contributed by atoms with Gasteiger partial charge in [0.15, 0.2) is 5.17 Å². The van der Waals surface area contributed by atoms with Crippen LogP contribution in [0.15, 0.2) is 29.3 Å². The number of nitrogens with zero attached hydrogens (tertiary/aromatic N) is 1. The molecule has 1 aliphatic rings. The van der Waals surface area contributed by atoms with Crippen LogP contribution in [0.4, 0.5) is 0 Å². The summed E-state index contributed by atoms with van der Waals surface area (Å²) in [4.78, 5) is 4.57. The Kier molecular flexibility index (Phi) is 4.77. The number of benzene rings is 1. The van der Waals surface area contributed by atoms with Gasteiger partial charge in [0.05, 0.1) is 6.54 Å². The first-order valence-electron chi connectivity index (χ1n) is 5.47. The zero-order chi connectivity index (χ0) is 12.3. The average Bonchev–Trinajstić information content (AvgIpc) is 2.67. The second-order valence-corrected chi connectivity index (χ2v) is 6.31. The molecule has 1 aromatic rings. The minimum absolute atomic E-state index is 0.470. The second-order valence-electron chi connectivity index (χ2n) is 3.99. The predicted molar refractivity (Wildman–Crippen MR) is 80.4 cm³/mol. The highest BCUT2D eigenvalue weighted by atomic mass is 79.9. The van der Waals surface area contributed by atoms with Crippen LogP contribution in [0.3, 0.4) is 0 Å². The molecule has 5 heteroatoms. The van der Waals surface area contributed by atoms with Crippen molar-refractivity contribution in [1.82, 2.24) is 5.32 Å². The lowest BCUT2D eigenvalue weighted by atomic mass is 10.2. The van der Waals surface area contributed by atoms with Crippen molar-refractivity contribution < 1.29 is 0 Å². The summed E-state index contributed by atoms with van der Waals surface area (Å²) in [6.45, 7) is 2.86. The van der Waals surface area contributed by atoms with Crippen molar-refractivity contribution in [2.75, 3.05) is 5.33 Å². The van der Waals surface area contributed by atoms with E-state index < -0.39 is 0 Å². The third kappa shape index (κ3) is 3.63. The van der Waals surface area contributed by atoms with Crippen LogP contribution >= 0.6 is 39.3 Å². The van der Waals surface area contributed by atoms with Crippen LogP contribution in [0.5, 0.6) is 0 Å². The molecule has 17 heavy (non-hydrogen) atoms. The summed E-state index contributed by atoms with van der Waals surface area (Å²) in [6, 6.07) is 8.30. The van der Waals surface area contributed by atoms with E-state index in [1.165, 1.54) is 0 Å². The quantitative estimate of drug-likeness (QED) is 0.853. The van der Waals surface area contributed by atoms with E-state index in [1.807, 2.05) is 24.3 Å². The maximum atomic E-state index is 5.93.